The molecule has 0 aromatic rings. The standard InChI is InChI=1S/C13H25NO/c1-10-5-11(2)7-12(6-10)8-14-9-13(3,4)15/h5,10,12,14-15H,6-9H2,1-4H3. The van der Waals surface area contributed by atoms with E-state index in [2.05, 4.69) is 25.2 Å². The van der Waals surface area contributed by atoms with Gasteiger partial charge in [0, 0.05) is 6.54 Å². The summed E-state index contributed by atoms with van der Waals surface area (Å²) in [5.41, 5.74) is 0.925. The molecule has 0 amide bonds. The van der Waals surface area contributed by atoms with Crippen LogP contribution in [-0.4, -0.2) is 23.8 Å². The molecule has 0 saturated heterocycles. The Bertz CT molecular complexity index is 227. The van der Waals surface area contributed by atoms with Crippen molar-refractivity contribution < 1.29 is 5.11 Å². The quantitative estimate of drug-likeness (QED) is 0.700. The van der Waals surface area contributed by atoms with Gasteiger partial charge in [-0.05, 0) is 52.0 Å². The molecule has 88 valence electrons. The minimum atomic E-state index is -0.592. The van der Waals surface area contributed by atoms with Crippen LogP contribution >= 0.6 is 0 Å². The number of hydrogen-bond acceptors (Lipinski definition) is 2. The monoisotopic (exact) mass is 211 g/mol. The van der Waals surface area contributed by atoms with E-state index in [4.69, 9.17) is 0 Å². The highest BCUT2D eigenvalue weighted by molar-refractivity contribution is 5.06. The lowest BCUT2D eigenvalue weighted by molar-refractivity contribution is 0.0784. The molecule has 0 radical (unpaired) electrons. The largest absolute Gasteiger partial charge is 0.389 e. The van der Waals surface area contributed by atoms with E-state index in [9.17, 15) is 5.11 Å². The minimum absolute atomic E-state index is 0.592. The summed E-state index contributed by atoms with van der Waals surface area (Å²) in [7, 11) is 0. The van der Waals surface area contributed by atoms with Crippen LogP contribution in [0.15, 0.2) is 11.6 Å². The molecule has 15 heavy (non-hydrogen) atoms. The second kappa shape index (κ2) is 5.13. The Morgan fingerprint density at radius 3 is 2.73 bits per heavy atom. The van der Waals surface area contributed by atoms with E-state index in [-0.39, 0.29) is 0 Å². The highest BCUT2D eigenvalue weighted by Crippen LogP contribution is 2.27. The lowest BCUT2D eigenvalue weighted by Gasteiger charge is -2.27. The zero-order valence-electron chi connectivity index (χ0n) is 10.5. The molecule has 0 aliphatic heterocycles. The summed E-state index contributed by atoms with van der Waals surface area (Å²) >= 11 is 0. The Morgan fingerprint density at radius 2 is 2.20 bits per heavy atom. The average Bonchev–Trinajstić information content (AvgIpc) is 1.99. The Kier molecular flexibility index (Phi) is 4.35. The van der Waals surface area contributed by atoms with Crippen molar-refractivity contribution in [3.63, 3.8) is 0 Å². The summed E-state index contributed by atoms with van der Waals surface area (Å²) < 4.78 is 0. The number of hydrogen-bond donors (Lipinski definition) is 2. The first-order valence-corrected chi connectivity index (χ1v) is 5.97. The maximum atomic E-state index is 9.58. The van der Waals surface area contributed by atoms with E-state index in [0.29, 0.717) is 12.5 Å². The summed E-state index contributed by atoms with van der Waals surface area (Å²) in [6, 6.07) is 0. The van der Waals surface area contributed by atoms with Crippen molar-refractivity contribution in [1.29, 1.82) is 0 Å². The van der Waals surface area contributed by atoms with Gasteiger partial charge in [-0.15, -0.1) is 0 Å². The predicted molar refractivity (Wildman–Crippen MR) is 64.8 cm³/mol. The molecule has 0 aromatic heterocycles. The van der Waals surface area contributed by atoms with Crippen molar-refractivity contribution in [1.82, 2.24) is 5.32 Å². The third kappa shape index (κ3) is 5.33. The number of rotatable bonds is 4. The van der Waals surface area contributed by atoms with Crippen LogP contribution in [0.5, 0.6) is 0 Å². The van der Waals surface area contributed by atoms with Gasteiger partial charge in [0.05, 0.1) is 5.60 Å². The maximum Gasteiger partial charge on any atom is 0.0715 e. The van der Waals surface area contributed by atoms with Crippen molar-refractivity contribution in [2.45, 2.75) is 46.1 Å². The van der Waals surface area contributed by atoms with Crippen LogP contribution in [0.1, 0.15) is 40.5 Å². The molecule has 0 spiro atoms. The first kappa shape index (κ1) is 12.7. The summed E-state index contributed by atoms with van der Waals surface area (Å²) in [6.45, 7) is 9.90. The Labute approximate surface area is 93.8 Å². The lowest BCUT2D eigenvalue weighted by Crippen LogP contribution is -2.37. The first-order chi connectivity index (χ1) is 6.87. The van der Waals surface area contributed by atoms with Gasteiger partial charge in [-0.25, -0.2) is 0 Å². The summed E-state index contributed by atoms with van der Waals surface area (Å²) in [5, 5.41) is 12.9. The SMILES string of the molecule is CC1=CC(C)CC(CNCC(C)(C)O)C1. The predicted octanol–water partition coefficient (Wildman–Crippen LogP) is 2.34. The number of aliphatic hydroxyl groups is 1. The minimum Gasteiger partial charge on any atom is -0.389 e. The highest BCUT2D eigenvalue weighted by atomic mass is 16.3. The third-order valence-corrected chi connectivity index (χ3v) is 2.88. The van der Waals surface area contributed by atoms with Crippen LogP contribution in [0.25, 0.3) is 0 Å². The van der Waals surface area contributed by atoms with Crippen LogP contribution in [0.2, 0.25) is 0 Å². The lowest BCUT2D eigenvalue weighted by atomic mass is 9.83. The number of nitrogens with one attached hydrogen (secondary N) is 1. The Hall–Kier alpha value is -0.340. The molecule has 2 N–H and O–H groups in total. The van der Waals surface area contributed by atoms with Crippen molar-refractivity contribution in [2.75, 3.05) is 13.1 Å². The van der Waals surface area contributed by atoms with E-state index in [1.54, 1.807) is 0 Å². The average molecular weight is 211 g/mol. The van der Waals surface area contributed by atoms with Crippen molar-refractivity contribution in [3.05, 3.63) is 11.6 Å². The molecule has 0 bridgehead atoms. The van der Waals surface area contributed by atoms with Crippen molar-refractivity contribution >= 4 is 0 Å². The van der Waals surface area contributed by atoms with Crippen LogP contribution in [0.3, 0.4) is 0 Å². The van der Waals surface area contributed by atoms with E-state index in [1.165, 1.54) is 18.4 Å². The smallest absolute Gasteiger partial charge is 0.0715 e. The zero-order chi connectivity index (χ0) is 11.5. The second-order valence-corrected chi connectivity index (χ2v) is 5.74. The van der Waals surface area contributed by atoms with Crippen molar-refractivity contribution in [3.8, 4) is 0 Å². The molecule has 0 saturated carbocycles. The summed E-state index contributed by atoms with van der Waals surface area (Å²) in [5.74, 6) is 1.46. The molecular formula is C13H25NO. The molecule has 2 heteroatoms. The number of allylic oxidation sites excluding steroid dienone is 2. The van der Waals surface area contributed by atoms with E-state index in [0.717, 1.165) is 12.5 Å². The molecule has 2 nitrogen and oxygen atoms in total. The third-order valence-electron chi connectivity index (χ3n) is 2.88. The normalized spacial score (nSPS) is 27.7. The molecule has 0 aromatic carbocycles. The van der Waals surface area contributed by atoms with Crippen molar-refractivity contribution in [2.24, 2.45) is 11.8 Å². The van der Waals surface area contributed by atoms with Gasteiger partial charge in [0.1, 0.15) is 0 Å². The van der Waals surface area contributed by atoms with Crippen LogP contribution in [0, 0.1) is 11.8 Å². The summed E-state index contributed by atoms with van der Waals surface area (Å²) in [6.07, 6.45) is 4.87. The molecule has 1 aliphatic rings. The van der Waals surface area contributed by atoms with Gasteiger partial charge >= 0.3 is 0 Å². The maximum absolute atomic E-state index is 9.58. The molecular weight excluding hydrogens is 186 g/mol. The van der Waals surface area contributed by atoms with Crippen LogP contribution in [0.4, 0.5) is 0 Å². The van der Waals surface area contributed by atoms with Gasteiger partial charge in [0.25, 0.3) is 0 Å². The topological polar surface area (TPSA) is 32.3 Å². The van der Waals surface area contributed by atoms with Gasteiger partial charge in [-0.3, -0.25) is 0 Å². The highest BCUT2D eigenvalue weighted by Gasteiger charge is 2.19. The van der Waals surface area contributed by atoms with Gasteiger partial charge in [0.15, 0.2) is 0 Å². The molecule has 1 aliphatic carbocycles. The summed E-state index contributed by atoms with van der Waals surface area (Å²) in [4.78, 5) is 0. The molecule has 1 rings (SSSR count). The van der Waals surface area contributed by atoms with E-state index >= 15 is 0 Å². The van der Waals surface area contributed by atoms with Crippen LogP contribution in [-0.2, 0) is 0 Å². The Balaban J connectivity index is 2.26. The second-order valence-electron chi connectivity index (χ2n) is 5.74. The van der Waals surface area contributed by atoms with Gasteiger partial charge in [-0.1, -0.05) is 18.6 Å². The fourth-order valence-electron chi connectivity index (χ4n) is 2.42. The zero-order valence-corrected chi connectivity index (χ0v) is 10.5. The fraction of sp³-hybridized carbons (Fsp3) is 0.846. The molecule has 0 heterocycles. The molecule has 2 unspecified atom stereocenters. The van der Waals surface area contributed by atoms with Gasteiger partial charge in [-0.2, -0.15) is 0 Å². The molecule has 2 atom stereocenters. The van der Waals surface area contributed by atoms with Gasteiger partial charge < -0.3 is 10.4 Å². The Morgan fingerprint density at radius 1 is 1.53 bits per heavy atom. The first-order valence-electron chi connectivity index (χ1n) is 5.97. The van der Waals surface area contributed by atoms with E-state index in [1.807, 2.05) is 13.8 Å². The van der Waals surface area contributed by atoms with Gasteiger partial charge in [0.2, 0.25) is 0 Å². The molecule has 0 fully saturated rings. The fourth-order valence-corrected chi connectivity index (χ4v) is 2.42. The van der Waals surface area contributed by atoms with Crippen LogP contribution < -0.4 is 5.32 Å². The van der Waals surface area contributed by atoms with E-state index < -0.39 is 5.60 Å².